The molecule has 0 aliphatic carbocycles. The molecular formula is C25H28BClN4O8. The minimum atomic E-state index is -1.49. The fourth-order valence-electron chi connectivity index (χ4n) is 4.76. The lowest BCUT2D eigenvalue weighted by atomic mass is 9.64. The number of hydrogen-bond acceptors (Lipinski definition) is 9. The van der Waals surface area contributed by atoms with E-state index in [2.05, 4.69) is 5.32 Å². The molecule has 14 heteroatoms. The van der Waals surface area contributed by atoms with Gasteiger partial charge in [-0.2, -0.15) is 0 Å². The van der Waals surface area contributed by atoms with E-state index in [9.17, 15) is 34.4 Å². The van der Waals surface area contributed by atoms with Crippen LogP contribution in [0.5, 0.6) is 17.2 Å². The summed E-state index contributed by atoms with van der Waals surface area (Å²) in [6.07, 6.45) is 0.0455. The quantitative estimate of drug-likeness (QED) is 0.187. The Morgan fingerprint density at radius 2 is 1.95 bits per heavy atom. The summed E-state index contributed by atoms with van der Waals surface area (Å²) < 4.78 is 5.67. The van der Waals surface area contributed by atoms with Gasteiger partial charge in [-0.25, -0.2) is 4.79 Å². The van der Waals surface area contributed by atoms with E-state index < -0.39 is 54.1 Å². The normalized spacial score (nSPS) is 17.9. The molecule has 1 saturated heterocycles. The fraction of sp³-hybridized carbons (Fsp3) is 0.360. The largest absolute Gasteiger partial charge is 0.536 e. The molecule has 2 atom stereocenters. The number of aryl methyl sites for hydroxylation is 1. The minimum Gasteiger partial charge on any atom is -0.536 e. The zero-order valence-corrected chi connectivity index (χ0v) is 21.8. The second kappa shape index (κ2) is 11.5. The van der Waals surface area contributed by atoms with Crippen LogP contribution >= 0.6 is 11.6 Å². The van der Waals surface area contributed by atoms with Gasteiger partial charge < -0.3 is 35.8 Å². The second-order valence-electron chi connectivity index (χ2n) is 9.46. The van der Waals surface area contributed by atoms with Crippen molar-refractivity contribution >= 4 is 42.3 Å². The molecule has 0 radical (unpaired) electrons. The number of Topliss-reactive ketones (excluding diaryl/α,β-unsaturated/α-hetero) is 1. The number of amides is 4. The second-order valence-corrected chi connectivity index (χ2v) is 9.84. The lowest BCUT2D eigenvalue weighted by molar-refractivity contribution is -0.153. The number of imide groups is 1. The topological polar surface area (TPSA) is 183 Å². The van der Waals surface area contributed by atoms with E-state index in [-0.39, 0.29) is 43.2 Å². The first-order chi connectivity index (χ1) is 18.5. The molecule has 2 aliphatic heterocycles. The van der Waals surface area contributed by atoms with Crippen LogP contribution in [-0.2, 0) is 20.8 Å². The number of nitrogens with one attached hydrogen (secondary N) is 1. The molecule has 4 amide bonds. The molecule has 2 aromatic carbocycles. The van der Waals surface area contributed by atoms with Crippen molar-refractivity contribution in [2.75, 3.05) is 26.2 Å². The van der Waals surface area contributed by atoms with Gasteiger partial charge in [-0.05, 0) is 30.5 Å². The number of carbonyl (C=O) groups is 4. The number of ketones is 1. The molecular weight excluding hydrogens is 531 g/mol. The smallest absolute Gasteiger partial charge is 0.526 e. The van der Waals surface area contributed by atoms with Crippen molar-refractivity contribution in [3.8, 4) is 17.2 Å². The summed E-state index contributed by atoms with van der Waals surface area (Å²) in [6.45, 7) is 2.07. The van der Waals surface area contributed by atoms with Crippen LogP contribution in [0.1, 0.15) is 29.2 Å². The lowest BCUT2D eigenvalue weighted by Crippen LogP contribution is -2.59. The number of piperazine rings is 1. The summed E-state index contributed by atoms with van der Waals surface area (Å²) in [5.74, 6) is -3.97. The highest BCUT2D eigenvalue weighted by Crippen LogP contribution is 2.40. The molecule has 0 bridgehead atoms. The van der Waals surface area contributed by atoms with Crippen molar-refractivity contribution in [3.63, 3.8) is 0 Å². The van der Waals surface area contributed by atoms with E-state index in [1.165, 1.54) is 11.0 Å². The number of benzene rings is 2. The van der Waals surface area contributed by atoms with Gasteiger partial charge in [0.1, 0.15) is 11.8 Å². The average Bonchev–Trinajstić information content (AvgIpc) is 2.90. The first-order valence-electron chi connectivity index (χ1n) is 12.3. The fourth-order valence-corrected chi connectivity index (χ4v) is 5.02. The Bertz CT molecular complexity index is 1330. The molecule has 4 rings (SSSR count). The molecule has 0 saturated carbocycles. The van der Waals surface area contributed by atoms with Crippen LogP contribution in [0.15, 0.2) is 30.3 Å². The maximum absolute atomic E-state index is 13.6. The summed E-state index contributed by atoms with van der Waals surface area (Å²) in [7, 11) is -1.31. The summed E-state index contributed by atoms with van der Waals surface area (Å²) in [6, 6.07) is 5.33. The molecule has 2 heterocycles. The molecule has 0 spiro atoms. The van der Waals surface area contributed by atoms with E-state index in [0.29, 0.717) is 17.1 Å². The van der Waals surface area contributed by atoms with Crippen molar-refractivity contribution in [2.24, 2.45) is 5.73 Å². The predicted molar refractivity (Wildman–Crippen MR) is 140 cm³/mol. The summed E-state index contributed by atoms with van der Waals surface area (Å²) in [5.41, 5.74) is 7.06. The maximum atomic E-state index is 13.6. The third-order valence-electron chi connectivity index (χ3n) is 6.86. The molecule has 2 aromatic rings. The molecule has 2 aliphatic rings. The van der Waals surface area contributed by atoms with Gasteiger partial charge in [0.15, 0.2) is 17.3 Å². The summed E-state index contributed by atoms with van der Waals surface area (Å²) in [5, 5.41) is 32.7. The van der Waals surface area contributed by atoms with Crippen LogP contribution in [0.4, 0.5) is 4.79 Å². The van der Waals surface area contributed by atoms with Gasteiger partial charge in [0.25, 0.3) is 0 Å². The van der Waals surface area contributed by atoms with Gasteiger partial charge in [-0.1, -0.05) is 35.9 Å². The van der Waals surface area contributed by atoms with Crippen LogP contribution < -0.4 is 15.7 Å². The molecule has 39 heavy (non-hydrogen) atoms. The lowest BCUT2D eigenvalue weighted by Gasteiger charge is -2.33. The number of carbonyl (C=O) groups excluding carboxylic acids is 4. The van der Waals surface area contributed by atoms with Crippen molar-refractivity contribution < 1.29 is 39.1 Å². The molecule has 0 aromatic heterocycles. The predicted octanol–water partition coefficient (Wildman–Crippen LogP) is 0.885. The standard InChI is InChI=1S/C25H28BClN4O8/c1-13-3-2-4-14-11-15(26(38)39-22(13)14)12-18(33)20(16-5-6-17(32)21(34)19(16)27)29-25(37)31-10-9-30(8-7-28)23(35)24(31)36/h2-6,15,20,32,34,38H,7-12,28H2,1H3,(H,29,37)/t15-,20+/m1/s1. The van der Waals surface area contributed by atoms with E-state index >= 15 is 0 Å². The number of para-hydroxylation sites is 1. The number of halogens is 1. The van der Waals surface area contributed by atoms with Gasteiger partial charge in [0.2, 0.25) is 0 Å². The maximum Gasteiger partial charge on any atom is 0.526 e. The number of urea groups is 1. The van der Waals surface area contributed by atoms with Crippen molar-refractivity contribution in [2.45, 2.75) is 31.6 Å². The number of nitrogens with two attached hydrogens (primary N) is 1. The van der Waals surface area contributed by atoms with Gasteiger partial charge in [-0.15, -0.1) is 0 Å². The van der Waals surface area contributed by atoms with Crippen molar-refractivity contribution in [3.05, 3.63) is 52.0 Å². The van der Waals surface area contributed by atoms with Crippen LogP contribution in [-0.4, -0.2) is 82.0 Å². The van der Waals surface area contributed by atoms with Gasteiger partial charge in [-0.3, -0.25) is 19.3 Å². The third-order valence-corrected chi connectivity index (χ3v) is 7.26. The van der Waals surface area contributed by atoms with E-state index in [0.717, 1.165) is 17.2 Å². The Labute approximate surface area is 229 Å². The summed E-state index contributed by atoms with van der Waals surface area (Å²) >= 11 is 6.23. The number of phenols is 2. The molecule has 0 unspecified atom stereocenters. The number of rotatable bonds is 7. The highest BCUT2D eigenvalue weighted by molar-refractivity contribution is 6.47. The average molecular weight is 559 g/mol. The number of phenolic OH excluding ortho intramolecular Hbond substituents is 2. The van der Waals surface area contributed by atoms with E-state index in [1.807, 2.05) is 25.1 Å². The highest BCUT2D eigenvalue weighted by atomic mass is 35.5. The molecule has 12 nitrogen and oxygen atoms in total. The highest BCUT2D eigenvalue weighted by Gasteiger charge is 2.41. The zero-order valence-electron chi connectivity index (χ0n) is 21.1. The number of nitrogens with zero attached hydrogens (tertiary/aromatic N) is 2. The SMILES string of the molecule is Cc1cccc2c1OB(O)[C@@H](CC(=O)[C@@H](NC(=O)N1CCN(CCN)C(=O)C1=O)c1ccc(O)c(O)c1Cl)C2. The van der Waals surface area contributed by atoms with Gasteiger partial charge >= 0.3 is 25.0 Å². The Hall–Kier alpha value is -3.81. The monoisotopic (exact) mass is 558 g/mol. The Morgan fingerprint density at radius 1 is 1.21 bits per heavy atom. The van der Waals surface area contributed by atoms with Crippen LogP contribution in [0.2, 0.25) is 10.8 Å². The number of fused-ring (bicyclic) bond motifs is 1. The Balaban J connectivity index is 1.59. The Morgan fingerprint density at radius 3 is 2.67 bits per heavy atom. The zero-order chi connectivity index (χ0) is 28.4. The number of aromatic hydroxyl groups is 2. The van der Waals surface area contributed by atoms with Gasteiger partial charge in [0.05, 0.1) is 5.02 Å². The van der Waals surface area contributed by atoms with Crippen molar-refractivity contribution in [1.82, 2.24) is 15.1 Å². The first kappa shape index (κ1) is 28.2. The van der Waals surface area contributed by atoms with E-state index in [1.54, 1.807) is 0 Å². The first-order valence-corrected chi connectivity index (χ1v) is 12.7. The molecule has 206 valence electrons. The Kier molecular flexibility index (Phi) is 8.33. The number of hydrogen-bond donors (Lipinski definition) is 5. The van der Waals surface area contributed by atoms with Crippen LogP contribution in [0.25, 0.3) is 0 Å². The third kappa shape index (κ3) is 5.65. The van der Waals surface area contributed by atoms with Gasteiger partial charge in [0, 0.05) is 44.0 Å². The van der Waals surface area contributed by atoms with Crippen LogP contribution in [0, 0.1) is 6.92 Å². The minimum absolute atomic E-state index is 0.0478. The van der Waals surface area contributed by atoms with Crippen LogP contribution in [0.3, 0.4) is 0 Å². The van der Waals surface area contributed by atoms with Crippen molar-refractivity contribution in [1.29, 1.82) is 0 Å². The van der Waals surface area contributed by atoms with E-state index in [4.69, 9.17) is 22.0 Å². The molecule has 1 fully saturated rings. The molecule has 6 N–H and O–H groups in total. The summed E-state index contributed by atoms with van der Waals surface area (Å²) in [4.78, 5) is 53.7.